The molecule has 4 nitrogen and oxygen atoms in total. The zero-order valence-corrected chi connectivity index (χ0v) is 12.8. The number of hydrogen-bond acceptors (Lipinski definition) is 2. The van der Waals surface area contributed by atoms with Gasteiger partial charge in [0, 0.05) is 10.0 Å². The maximum absolute atomic E-state index is 12.0. The second-order valence-electron chi connectivity index (χ2n) is 4.64. The van der Waals surface area contributed by atoms with E-state index in [0.717, 1.165) is 10.0 Å². The molecule has 0 aromatic heterocycles. The standard InChI is InChI=1S/C14H18BrNO3/c1-4-8(2)12(14(18)19)16-13(17)10-6-5-9(3)11(15)7-10/h5-8,12H,4H2,1-3H3,(H,16,17)(H,18,19)/t8?,12-/m0/s1. The Morgan fingerprint density at radius 1 is 1.42 bits per heavy atom. The minimum Gasteiger partial charge on any atom is -0.480 e. The zero-order valence-electron chi connectivity index (χ0n) is 11.2. The quantitative estimate of drug-likeness (QED) is 0.873. The summed E-state index contributed by atoms with van der Waals surface area (Å²) >= 11 is 3.36. The van der Waals surface area contributed by atoms with Gasteiger partial charge in [-0.3, -0.25) is 4.79 Å². The molecule has 0 aliphatic heterocycles. The summed E-state index contributed by atoms with van der Waals surface area (Å²) < 4.78 is 0.829. The van der Waals surface area contributed by atoms with Crippen molar-refractivity contribution in [2.24, 2.45) is 5.92 Å². The van der Waals surface area contributed by atoms with Crippen molar-refractivity contribution in [3.63, 3.8) is 0 Å². The van der Waals surface area contributed by atoms with Gasteiger partial charge in [-0.05, 0) is 30.5 Å². The Hall–Kier alpha value is -1.36. The van der Waals surface area contributed by atoms with Crippen LogP contribution in [0.25, 0.3) is 0 Å². The Bertz CT molecular complexity index is 488. The van der Waals surface area contributed by atoms with Crippen LogP contribution in [0, 0.1) is 12.8 Å². The van der Waals surface area contributed by atoms with E-state index in [1.165, 1.54) is 0 Å². The number of nitrogens with one attached hydrogen (secondary N) is 1. The molecule has 1 aromatic rings. The van der Waals surface area contributed by atoms with Gasteiger partial charge in [-0.2, -0.15) is 0 Å². The highest BCUT2D eigenvalue weighted by Crippen LogP contribution is 2.18. The topological polar surface area (TPSA) is 66.4 Å². The number of rotatable bonds is 5. The van der Waals surface area contributed by atoms with Gasteiger partial charge >= 0.3 is 5.97 Å². The average Bonchev–Trinajstić information content (AvgIpc) is 2.37. The van der Waals surface area contributed by atoms with Crippen molar-refractivity contribution in [1.82, 2.24) is 5.32 Å². The Kier molecular flexibility index (Phi) is 5.54. The molecule has 104 valence electrons. The first kappa shape index (κ1) is 15.7. The van der Waals surface area contributed by atoms with Crippen LogP contribution in [0.4, 0.5) is 0 Å². The number of carbonyl (C=O) groups is 2. The number of carboxylic acid groups (broad SMARTS) is 1. The molecule has 1 unspecified atom stereocenters. The lowest BCUT2D eigenvalue weighted by molar-refractivity contribution is -0.140. The summed E-state index contributed by atoms with van der Waals surface area (Å²) in [6, 6.07) is 4.33. The van der Waals surface area contributed by atoms with Gasteiger partial charge in [0.2, 0.25) is 0 Å². The van der Waals surface area contributed by atoms with E-state index in [-0.39, 0.29) is 11.8 Å². The number of hydrogen-bond donors (Lipinski definition) is 2. The molecule has 0 saturated carbocycles. The van der Waals surface area contributed by atoms with Gasteiger partial charge < -0.3 is 10.4 Å². The lowest BCUT2D eigenvalue weighted by Gasteiger charge is -2.20. The molecule has 0 spiro atoms. The fourth-order valence-corrected chi connectivity index (χ4v) is 2.02. The largest absolute Gasteiger partial charge is 0.480 e. The first-order valence-electron chi connectivity index (χ1n) is 6.16. The molecule has 0 aliphatic carbocycles. The summed E-state index contributed by atoms with van der Waals surface area (Å²) in [5.74, 6) is -1.49. The van der Waals surface area contributed by atoms with Crippen LogP contribution < -0.4 is 5.32 Å². The van der Waals surface area contributed by atoms with E-state index in [2.05, 4.69) is 21.2 Å². The van der Waals surface area contributed by atoms with Crippen LogP contribution in [0.5, 0.6) is 0 Å². The summed E-state index contributed by atoms with van der Waals surface area (Å²) in [5.41, 5.74) is 1.47. The van der Waals surface area contributed by atoms with E-state index in [4.69, 9.17) is 5.11 Å². The molecule has 0 saturated heterocycles. The van der Waals surface area contributed by atoms with Gasteiger partial charge in [0.1, 0.15) is 6.04 Å². The number of amides is 1. The van der Waals surface area contributed by atoms with E-state index in [9.17, 15) is 9.59 Å². The van der Waals surface area contributed by atoms with E-state index >= 15 is 0 Å². The number of carbonyl (C=O) groups excluding carboxylic acids is 1. The van der Waals surface area contributed by atoms with Crippen molar-refractivity contribution in [2.45, 2.75) is 33.2 Å². The van der Waals surface area contributed by atoms with Crippen molar-refractivity contribution in [1.29, 1.82) is 0 Å². The Balaban J connectivity index is 2.87. The third-order valence-corrected chi connectivity index (χ3v) is 4.05. The highest BCUT2D eigenvalue weighted by Gasteiger charge is 2.25. The van der Waals surface area contributed by atoms with Crippen LogP contribution in [-0.2, 0) is 4.79 Å². The van der Waals surface area contributed by atoms with Gasteiger partial charge in [-0.25, -0.2) is 4.79 Å². The molecule has 1 aromatic carbocycles. The smallest absolute Gasteiger partial charge is 0.326 e. The van der Waals surface area contributed by atoms with E-state index < -0.39 is 12.0 Å². The van der Waals surface area contributed by atoms with Gasteiger partial charge in [0.05, 0.1) is 0 Å². The molecule has 0 heterocycles. The van der Waals surface area contributed by atoms with E-state index in [0.29, 0.717) is 12.0 Å². The van der Waals surface area contributed by atoms with Crippen LogP contribution in [0.3, 0.4) is 0 Å². The van der Waals surface area contributed by atoms with Crippen molar-refractivity contribution in [3.05, 3.63) is 33.8 Å². The zero-order chi connectivity index (χ0) is 14.6. The molecular weight excluding hydrogens is 310 g/mol. The number of carboxylic acids is 1. The van der Waals surface area contributed by atoms with Gasteiger partial charge in [0.15, 0.2) is 0 Å². The molecule has 1 amide bonds. The monoisotopic (exact) mass is 327 g/mol. The van der Waals surface area contributed by atoms with Crippen molar-refractivity contribution in [2.75, 3.05) is 0 Å². The van der Waals surface area contributed by atoms with Gasteiger partial charge in [0.25, 0.3) is 5.91 Å². The summed E-state index contributed by atoms with van der Waals surface area (Å²) in [5, 5.41) is 11.7. The van der Waals surface area contributed by atoms with Gasteiger partial charge in [-0.15, -0.1) is 0 Å². The second kappa shape index (κ2) is 6.70. The van der Waals surface area contributed by atoms with Crippen molar-refractivity contribution in [3.8, 4) is 0 Å². The Morgan fingerprint density at radius 3 is 2.53 bits per heavy atom. The molecule has 0 radical (unpaired) electrons. The predicted octanol–water partition coefficient (Wildman–Crippen LogP) is 2.99. The normalized spacial score (nSPS) is 13.7. The van der Waals surface area contributed by atoms with Crippen LogP contribution >= 0.6 is 15.9 Å². The molecular formula is C14H18BrNO3. The first-order valence-corrected chi connectivity index (χ1v) is 6.96. The summed E-state index contributed by atoms with van der Waals surface area (Å²) in [6.45, 7) is 5.63. The molecule has 0 bridgehead atoms. The summed E-state index contributed by atoms with van der Waals surface area (Å²) in [4.78, 5) is 23.2. The molecule has 1 rings (SSSR count). The Morgan fingerprint density at radius 2 is 2.05 bits per heavy atom. The lowest BCUT2D eigenvalue weighted by atomic mass is 9.99. The third kappa shape index (κ3) is 4.06. The molecule has 0 fully saturated rings. The first-order chi connectivity index (χ1) is 8.86. The molecule has 0 aliphatic rings. The summed E-state index contributed by atoms with van der Waals surface area (Å²) in [6.07, 6.45) is 0.689. The molecule has 2 N–H and O–H groups in total. The molecule has 5 heteroatoms. The predicted molar refractivity (Wildman–Crippen MR) is 77.2 cm³/mol. The van der Waals surface area contributed by atoms with Crippen LogP contribution in [-0.4, -0.2) is 23.0 Å². The van der Waals surface area contributed by atoms with Crippen LogP contribution in [0.1, 0.15) is 36.2 Å². The maximum atomic E-state index is 12.0. The second-order valence-corrected chi connectivity index (χ2v) is 5.49. The van der Waals surface area contributed by atoms with Gasteiger partial charge in [-0.1, -0.05) is 42.3 Å². The average molecular weight is 328 g/mol. The molecule has 2 atom stereocenters. The van der Waals surface area contributed by atoms with E-state index in [1.807, 2.05) is 26.8 Å². The highest BCUT2D eigenvalue weighted by atomic mass is 79.9. The number of aryl methyl sites for hydroxylation is 1. The van der Waals surface area contributed by atoms with Crippen molar-refractivity contribution >= 4 is 27.8 Å². The minimum atomic E-state index is -1.01. The van der Waals surface area contributed by atoms with E-state index in [1.54, 1.807) is 12.1 Å². The van der Waals surface area contributed by atoms with Crippen molar-refractivity contribution < 1.29 is 14.7 Å². The number of aliphatic carboxylic acids is 1. The lowest BCUT2D eigenvalue weighted by Crippen LogP contribution is -2.45. The third-order valence-electron chi connectivity index (χ3n) is 3.20. The number of halogens is 1. The Labute approximate surface area is 121 Å². The van der Waals surface area contributed by atoms with Crippen LogP contribution in [0.2, 0.25) is 0 Å². The number of benzene rings is 1. The SMILES string of the molecule is CCC(C)[C@H](NC(=O)c1ccc(C)c(Br)c1)C(=O)O. The summed E-state index contributed by atoms with van der Waals surface area (Å²) in [7, 11) is 0. The highest BCUT2D eigenvalue weighted by molar-refractivity contribution is 9.10. The maximum Gasteiger partial charge on any atom is 0.326 e. The molecule has 19 heavy (non-hydrogen) atoms. The fraction of sp³-hybridized carbons (Fsp3) is 0.429. The minimum absolute atomic E-state index is 0.115. The fourth-order valence-electron chi connectivity index (χ4n) is 1.64. The van der Waals surface area contributed by atoms with Crippen LogP contribution in [0.15, 0.2) is 22.7 Å².